The summed E-state index contributed by atoms with van der Waals surface area (Å²) in [5.41, 5.74) is 2.74. The van der Waals surface area contributed by atoms with E-state index in [1.54, 1.807) is 4.57 Å². The highest BCUT2D eigenvalue weighted by Gasteiger charge is 2.26. The van der Waals surface area contributed by atoms with Crippen molar-refractivity contribution in [1.29, 1.82) is 0 Å². The second-order valence-electron chi connectivity index (χ2n) is 9.47. The van der Waals surface area contributed by atoms with Crippen molar-refractivity contribution >= 4 is 16.8 Å². The van der Waals surface area contributed by atoms with Crippen LogP contribution in [0.2, 0.25) is 0 Å². The van der Waals surface area contributed by atoms with Crippen LogP contribution in [0.25, 0.3) is 10.9 Å². The summed E-state index contributed by atoms with van der Waals surface area (Å²) in [6.07, 6.45) is 1.10. The maximum absolute atomic E-state index is 13.6. The molecule has 1 aromatic heterocycles. The molecule has 0 aliphatic carbocycles. The molecule has 180 valence electrons. The van der Waals surface area contributed by atoms with Crippen molar-refractivity contribution in [2.24, 2.45) is 5.92 Å². The van der Waals surface area contributed by atoms with Crippen molar-refractivity contribution in [3.8, 4) is 0 Å². The summed E-state index contributed by atoms with van der Waals surface area (Å²) in [5.74, 6) is 0.975. The first-order valence-corrected chi connectivity index (χ1v) is 12.3. The van der Waals surface area contributed by atoms with Gasteiger partial charge in [0.1, 0.15) is 5.82 Å². The Kier molecular flexibility index (Phi) is 7.76. The van der Waals surface area contributed by atoms with Gasteiger partial charge >= 0.3 is 0 Å². The lowest BCUT2D eigenvalue weighted by Crippen LogP contribution is -2.40. The molecule has 0 saturated heterocycles. The van der Waals surface area contributed by atoms with E-state index in [1.165, 1.54) is 0 Å². The van der Waals surface area contributed by atoms with E-state index in [4.69, 9.17) is 4.98 Å². The van der Waals surface area contributed by atoms with Crippen LogP contribution in [0.5, 0.6) is 0 Å². The molecule has 0 fully saturated rings. The minimum atomic E-state index is -0.346. The van der Waals surface area contributed by atoms with Crippen molar-refractivity contribution in [3.63, 3.8) is 0 Å². The van der Waals surface area contributed by atoms with E-state index in [2.05, 4.69) is 13.8 Å². The Morgan fingerprint density at radius 3 is 2.11 bits per heavy atom. The molecule has 5 heteroatoms. The largest absolute Gasteiger partial charge is 0.333 e. The number of hydrogen-bond donors (Lipinski definition) is 0. The zero-order valence-electron chi connectivity index (χ0n) is 20.7. The highest BCUT2D eigenvalue weighted by atomic mass is 16.2. The van der Waals surface area contributed by atoms with Gasteiger partial charge in [0, 0.05) is 13.0 Å². The molecular weight excluding hydrogens is 434 g/mol. The summed E-state index contributed by atoms with van der Waals surface area (Å²) >= 11 is 0. The third-order valence-corrected chi connectivity index (χ3v) is 6.27. The van der Waals surface area contributed by atoms with Crippen LogP contribution in [-0.2, 0) is 17.8 Å². The zero-order chi connectivity index (χ0) is 24.8. The topological polar surface area (TPSA) is 55.2 Å². The summed E-state index contributed by atoms with van der Waals surface area (Å²) in [4.78, 5) is 33.9. The van der Waals surface area contributed by atoms with Crippen molar-refractivity contribution in [2.45, 2.75) is 46.2 Å². The average molecular weight is 468 g/mol. The monoisotopic (exact) mass is 467 g/mol. The van der Waals surface area contributed by atoms with E-state index in [0.29, 0.717) is 42.7 Å². The van der Waals surface area contributed by atoms with Crippen LogP contribution >= 0.6 is 0 Å². The second kappa shape index (κ2) is 11.1. The molecule has 0 aliphatic rings. The summed E-state index contributed by atoms with van der Waals surface area (Å²) < 4.78 is 1.74. The second-order valence-corrected chi connectivity index (χ2v) is 9.47. The van der Waals surface area contributed by atoms with Crippen molar-refractivity contribution in [1.82, 2.24) is 14.5 Å². The number of fused-ring (bicyclic) bond motifs is 1. The summed E-state index contributed by atoms with van der Waals surface area (Å²) in [6, 6.07) is 27.1. The quantitative estimate of drug-likeness (QED) is 0.321. The van der Waals surface area contributed by atoms with Gasteiger partial charge in [-0.25, -0.2) is 4.98 Å². The van der Waals surface area contributed by atoms with Gasteiger partial charge in [-0.1, -0.05) is 86.6 Å². The van der Waals surface area contributed by atoms with Crippen molar-refractivity contribution < 1.29 is 4.79 Å². The molecule has 0 radical (unpaired) electrons. The van der Waals surface area contributed by atoms with E-state index in [-0.39, 0.29) is 23.4 Å². The van der Waals surface area contributed by atoms with E-state index >= 15 is 0 Å². The number of aromatic nitrogens is 2. The van der Waals surface area contributed by atoms with Crippen LogP contribution in [-0.4, -0.2) is 26.9 Å². The van der Waals surface area contributed by atoms with Gasteiger partial charge in [-0.15, -0.1) is 0 Å². The van der Waals surface area contributed by atoms with Crippen LogP contribution in [0.1, 0.15) is 50.2 Å². The summed E-state index contributed by atoms with van der Waals surface area (Å²) in [5, 5.41) is 0.588. The minimum absolute atomic E-state index is 0.0729. The van der Waals surface area contributed by atoms with Crippen molar-refractivity contribution in [3.05, 3.63) is 112 Å². The predicted molar refractivity (Wildman–Crippen MR) is 141 cm³/mol. The smallest absolute Gasteiger partial charge is 0.261 e. The maximum atomic E-state index is 13.6. The molecule has 0 bridgehead atoms. The Bertz CT molecular complexity index is 1330. The van der Waals surface area contributed by atoms with Crippen LogP contribution in [0.15, 0.2) is 89.7 Å². The first kappa shape index (κ1) is 24.4. The number of nitrogens with zero attached hydrogens (tertiary/aromatic N) is 3. The number of aryl methyl sites for hydroxylation is 1. The maximum Gasteiger partial charge on any atom is 0.261 e. The fourth-order valence-electron chi connectivity index (χ4n) is 4.47. The molecular formula is C30H33N3O2. The van der Waals surface area contributed by atoms with Crippen LogP contribution in [0, 0.1) is 5.92 Å². The van der Waals surface area contributed by atoms with E-state index in [1.807, 2.05) is 96.8 Å². The van der Waals surface area contributed by atoms with Crippen LogP contribution < -0.4 is 5.56 Å². The highest BCUT2D eigenvalue weighted by Crippen LogP contribution is 2.23. The van der Waals surface area contributed by atoms with Crippen LogP contribution in [0.4, 0.5) is 0 Å². The zero-order valence-corrected chi connectivity index (χ0v) is 20.7. The molecule has 4 rings (SSSR count). The average Bonchev–Trinajstić information content (AvgIpc) is 2.88. The SMILES string of the molecule is CC(C)CN(C(=O)CCc1ccccc1)C(C)c1nc2ccccc2c(=O)n1Cc1ccccc1. The third kappa shape index (κ3) is 5.86. The number of amides is 1. The number of carbonyl (C=O) groups excluding carboxylic acids is 1. The van der Waals surface area contributed by atoms with Gasteiger partial charge in [0.25, 0.3) is 5.56 Å². The Balaban J connectivity index is 1.72. The van der Waals surface area contributed by atoms with Gasteiger partial charge in [-0.05, 0) is 42.5 Å². The van der Waals surface area contributed by atoms with Gasteiger partial charge in [0.2, 0.25) is 5.91 Å². The molecule has 0 spiro atoms. The number of hydrogen-bond acceptors (Lipinski definition) is 3. The Hall–Kier alpha value is -3.73. The number of benzene rings is 3. The number of carbonyl (C=O) groups is 1. The molecule has 1 heterocycles. The molecule has 1 atom stereocenters. The normalized spacial score (nSPS) is 12.1. The number of para-hydroxylation sites is 1. The fourth-order valence-corrected chi connectivity index (χ4v) is 4.47. The number of rotatable bonds is 9. The molecule has 1 unspecified atom stereocenters. The minimum Gasteiger partial charge on any atom is -0.333 e. The molecule has 0 saturated carbocycles. The molecule has 5 nitrogen and oxygen atoms in total. The van der Waals surface area contributed by atoms with Gasteiger partial charge in [0.15, 0.2) is 0 Å². The molecule has 0 aliphatic heterocycles. The lowest BCUT2D eigenvalue weighted by atomic mass is 10.1. The first-order valence-electron chi connectivity index (χ1n) is 12.3. The summed E-state index contributed by atoms with van der Waals surface area (Å²) in [6.45, 7) is 7.21. The first-order chi connectivity index (χ1) is 16.9. The summed E-state index contributed by atoms with van der Waals surface area (Å²) in [7, 11) is 0. The fraction of sp³-hybridized carbons (Fsp3) is 0.300. The lowest BCUT2D eigenvalue weighted by molar-refractivity contribution is -0.134. The molecule has 0 N–H and O–H groups in total. The Morgan fingerprint density at radius 1 is 0.857 bits per heavy atom. The third-order valence-electron chi connectivity index (χ3n) is 6.27. The van der Waals surface area contributed by atoms with E-state index < -0.39 is 0 Å². The predicted octanol–water partition coefficient (Wildman–Crippen LogP) is 5.62. The Morgan fingerprint density at radius 2 is 1.46 bits per heavy atom. The Labute approximate surface area is 207 Å². The van der Waals surface area contributed by atoms with Crippen LogP contribution in [0.3, 0.4) is 0 Å². The molecule has 4 aromatic rings. The van der Waals surface area contributed by atoms with E-state index in [9.17, 15) is 9.59 Å². The van der Waals surface area contributed by atoms with E-state index in [0.717, 1.165) is 11.1 Å². The van der Waals surface area contributed by atoms with Crippen molar-refractivity contribution in [2.75, 3.05) is 6.54 Å². The van der Waals surface area contributed by atoms with Gasteiger partial charge in [-0.3, -0.25) is 14.2 Å². The lowest BCUT2D eigenvalue weighted by Gasteiger charge is -2.32. The standard InChI is InChI=1S/C30H33N3O2/c1-22(2)20-32(28(34)19-18-24-12-6-4-7-13-24)23(3)29-31-27-17-11-10-16-26(27)30(35)33(29)21-25-14-8-5-9-15-25/h4-17,22-23H,18-21H2,1-3H3. The van der Waals surface area contributed by atoms with Gasteiger partial charge < -0.3 is 4.90 Å². The van der Waals surface area contributed by atoms with Gasteiger partial charge in [0.05, 0.1) is 23.5 Å². The molecule has 3 aromatic carbocycles. The molecule has 1 amide bonds. The van der Waals surface area contributed by atoms with Gasteiger partial charge in [-0.2, -0.15) is 0 Å². The highest BCUT2D eigenvalue weighted by molar-refractivity contribution is 5.78. The molecule has 35 heavy (non-hydrogen) atoms.